The van der Waals surface area contributed by atoms with Gasteiger partial charge in [-0.25, -0.2) is 4.39 Å². The molecule has 5 nitrogen and oxygen atoms in total. The van der Waals surface area contributed by atoms with Gasteiger partial charge in [0.1, 0.15) is 18.2 Å². The Morgan fingerprint density at radius 3 is 2.46 bits per heavy atom. The number of nitrogens with one attached hydrogen (secondary N) is 1. The van der Waals surface area contributed by atoms with E-state index in [1.165, 1.54) is 47.5 Å². The van der Waals surface area contributed by atoms with Gasteiger partial charge in [0.15, 0.2) is 0 Å². The number of carbonyl (C=O) groups excluding carboxylic acids is 1. The molecule has 0 unspecified atom stereocenters. The molecule has 180 valence electrons. The summed E-state index contributed by atoms with van der Waals surface area (Å²) in [5.41, 5.74) is -0.231. The van der Waals surface area contributed by atoms with E-state index >= 15 is 0 Å². The molecular weight excluding hydrogens is 462 g/mol. The summed E-state index contributed by atoms with van der Waals surface area (Å²) < 4.78 is 59.7. The number of nitrogens with zero attached hydrogens (tertiary/aromatic N) is 2. The van der Waals surface area contributed by atoms with Crippen LogP contribution in [0.25, 0.3) is 11.3 Å². The molecule has 1 saturated heterocycles. The summed E-state index contributed by atoms with van der Waals surface area (Å²) in [7, 11) is 0. The van der Waals surface area contributed by atoms with Crippen molar-refractivity contribution in [1.29, 1.82) is 0 Å². The first-order valence-corrected chi connectivity index (χ1v) is 10.9. The van der Waals surface area contributed by atoms with E-state index in [-0.39, 0.29) is 23.6 Å². The number of ether oxygens (including phenoxy) is 1. The first-order valence-electron chi connectivity index (χ1n) is 10.9. The van der Waals surface area contributed by atoms with Crippen LogP contribution >= 0.6 is 0 Å². The van der Waals surface area contributed by atoms with Crippen molar-refractivity contribution in [2.45, 2.75) is 6.18 Å². The Morgan fingerprint density at radius 1 is 1.06 bits per heavy atom. The highest BCUT2D eigenvalue weighted by Gasteiger charge is 2.36. The second-order valence-electron chi connectivity index (χ2n) is 7.78. The third-order valence-electron chi connectivity index (χ3n) is 5.38. The minimum atomic E-state index is -4.69. The van der Waals surface area contributed by atoms with Crippen LogP contribution in [0.1, 0.15) is 21.5 Å². The summed E-state index contributed by atoms with van der Waals surface area (Å²) in [5.74, 6) is 5.14. The van der Waals surface area contributed by atoms with E-state index in [0.717, 1.165) is 6.07 Å². The normalized spacial score (nSPS) is 13.7. The molecule has 35 heavy (non-hydrogen) atoms. The van der Waals surface area contributed by atoms with Gasteiger partial charge in [-0.05, 0) is 48.5 Å². The maximum Gasteiger partial charge on any atom is 0.417 e. The highest BCUT2D eigenvalue weighted by atomic mass is 19.4. The van der Waals surface area contributed by atoms with Gasteiger partial charge in [-0.3, -0.25) is 9.78 Å². The third kappa shape index (κ3) is 6.16. The van der Waals surface area contributed by atoms with Crippen LogP contribution < -0.4 is 10.1 Å². The monoisotopic (exact) mass is 483 g/mol. The number of hydrogen-bond donors (Lipinski definition) is 1. The summed E-state index contributed by atoms with van der Waals surface area (Å²) in [4.78, 5) is 18.4. The number of amides is 1. The van der Waals surface area contributed by atoms with Crippen LogP contribution in [0.5, 0.6) is 5.75 Å². The Balaban J connectivity index is 1.48. The lowest BCUT2D eigenvalue weighted by molar-refractivity contribution is -0.138. The molecule has 2 heterocycles. The van der Waals surface area contributed by atoms with E-state index in [9.17, 15) is 22.4 Å². The highest BCUT2D eigenvalue weighted by Crippen LogP contribution is 2.35. The molecular formula is C26H21F4N3O2. The van der Waals surface area contributed by atoms with Gasteiger partial charge in [-0.2, -0.15) is 13.2 Å². The summed E-state index contributed by atoms with van der Waals surface area (Å²) in [6.45, 7) is 1.88. The molecule has 0 radical (unpaired) electrons. The topological polar surface area (TPSA) is 54.5 Å². The summed E-state index contributed by atoms with van der Waals surface area (Å²) in [5, 5.41) is 3.07. The number of carbonyl (C=O) groups is 1. The Kier molecular flexibility index (Phi) is 7.32. The predicted octanol–water partition coefficient (Wildman–Crippen LogP) is 4.38. The first kappa shape index (κ1) is 24.2. The molecule has 1 aliphatic rings. The Bertz CT molecular complexity index is 1240. The minimum Gasteiger partial charge on any atom is -0.481 e. The maximum absolute atomic E-state index is 13.8. The largest absolute Gasteiger partial charge is 0.481 e. The molecule has 1 amide bonds. The number of aromatic nitrogens is 1. The fraction of sp³-hybridized carbons (Fsp3) is 0.231. The molecule has 0 aliphatic carbocycles. The van der Waals surface area contributed by atoms with Gasteiger partial charge in [0.05, 0.1) is 16.8 Å². The van der Waals surface area contributed by atoms with Crippen LogP contribution in [0, 0.1) is 17.7 Å². The molecule has 1 aliphatic heterocycles. The zero-order valence-electron chi connectivity index (χ0n) is 18.5. The van der Waals surface area contributed by atoms with Crippen molar-refractivity contribution in [2.24, 2.45) is 0 Å². The lowest BCUT2D eigenvalue weighted by Crippen LogP contribution is -2.46. The zero-order chi connectivity index (χ0) is 24.8. The summed E-state index contributed by atoms with van der Waals surface area (Å²) in [6.07, 6.45) is -3.24. The van der Waals surface area contributed by atoms with Gasteiger partial charge in [0.2, 0.25) is 0 Å². The van der Waals surface area contributed by atoms with E-state index in [1.807, 2.05) is 0 Å². The molecule has 0 atom stereocenters. The predicted molar refractivity (Wildman–Crippen MR) is 122 cm³/mol. The van der Waals surface area contributed by atoms with Crippen molar-refractivity contribution < 1.29 is 27.1 Å². The number of rotatable bonds is 4. The van der Waals surface area contributed by atoms with Gasteiger partial charge in [0, 0.05) is 43.5 Å². The van der Waals surface area contributed by atoms with E-state index < -0.39 is 17.6 Å². The summed E-state index contributed by atoms with van der Waals surface area (Å²) in [6, 6.07) is 12.4. The van der Waals surface area contributed by atoms with Crippen molar-refractivity contribution in [3.05, 3.63) is 83.3 Å². The number of piperazine rings is 1. The maximum atomic E-state index is 13.8. The van der Waals surface area contributed by atoms with Crippen LogP contribution in [-0.2, 0) is 6.18 Å². The molecule has 2 aromatic carbocycles. The molecule has 3 aromatic rings. The van der Waals surface area contributed by atoms with Crippen LogP contribution in [0.3, 0.4) is 0 Å². The molecule has 0 bridgehead atoms. The molecule has 1 fully saturated rings. The standard InChI is InChI=1S/C26H21F4N3O2/c27-20-5-7-21(8-6-20)35-15-1-2-18-3-10-24(32-17-18)19-4-9-22(23(16-19)26(28,29)30)25(34)33-13-11-31-12-14-33/h3-10,16-17,31H,11-15H2. The van der Waals surface area contributed by atoms with Gasteiger partial charge in [-0.15, -0.1) is 0 Å². The van der Waals surface area contributed by atoms with Crippen LogP contribution in [0.2, 0.25) is 0 Å². The molecule has 9 heteroatoms. The number of halogens is 4. The molecule has 0 spiro atoms. The van der Waals surface area contributed by atoms with Gasteiger partial charge in [-0.1, -0.05) is 17.9 Å². The van der Waals surface area contributed by atoms with Crippen LogP contribution in [0.4, 0.5) is 17.6 Å². The number of benzene rings is 2. The number of pyridine rings is 1. The van der Waals surface area contributed by atoms with Gasteiger partial charge in [0.25, 0.3) is 5.91 Å². The van der Waals surface area contributed by atoms with E-state index in [2.05, 4.69) is 22.1 Å². The number of alkyl halides is 3. The molecule has 1 N–H and O–H groups in total. The van der Waals surface area contributed by atoms with Gasteiger partial charge >= 0.3 is 6.18 Å². The molecule has 4 rings (SSSR count). The fourth-order valence-electron chi connectivity index (χ4n) is 3.59. The van der Waals surface area contributed by atoms with Crippen molar-refractivity contribution in [3.8, 4) is 28.8 Å². The SMILES string of the molecule is O=C(c1ccc(-c2ccc(C#CCOc3ccc(F)cc3)cn2)cc1C(F)(F)F)N1CCNCC1. The van der Waals surface area contributed by atoms with Crippen molar-refractivity contribution in [3.63, 3.8) is 0 Å². The van der Waals surface area contributed by atoms with Crippen molar-refractivity contribution in [2.75, 3.05) is 32.8 Å². The fourth-order valence-corrected chi connectivity index (χ4v) is 3.59. The lowest BCUT2D eigenvalue weighted by Gasteiger charge is -2.28. The second-order valence-corrected chi connectivity index (χ2v) is 7.78. The average molecular weight is 483 g/mol. The molecule has 1 aromatic heterocycles. The quantitative estimate of drug-likeness (QED) is 0.442. The van der Waals surface area contributed by atoms with Crippen LogP contribution in [-0.4, -0.2) is 48.6 Å². The number of hydrogen-bond acceptors (Lipinski definition) is 4. The first-order chi connectivity index (χ1) is 16.8. The van der Waals surface area contributed by atoms with Gasteiger partial charge < -0.3 is 15.0 Å². The third-order valence-corrected chi connectivity index (χ3v) is 5.38. The van der Waals surface area contributed by atoms with E-state index in [1.54, 1.807) is 12.1 Å². The highest BCUT2D eigenvalue weighted by molar-refractivity contribution is 5.96. The Hall–Kier alpha value is -3.90. The Morgan fingerprint density at radius 2 is 1.80 bits per heavy atom. The minimum absolute atomic E-state index is 0.0743. The summed E-state index contributed by atoms with van der Waals surface area (Å²) >= 11 is 0. The van der Waals surface area contributed by atoms with Crippen LogP contribution in [0.15, 0.2) is 60.8 Å². The molecule has 0 saturated carbocycles. The van der Waals surface area contributed by atoms with E-state index in [0.29, 0.717) is 43.2 Å². The lowest BCUT2D eigenvalue weighted by atomic mass is 10.00. The van der Waals surface area contributed by atoms with Crippen molar-refractivity contribution >= 4 is 5.91 Å². The average Bonchev–Trinajstić information content (AvgIpc) is 2.87. The van der Waals surface area contributed by atoms with Crippen molar-refractivity contribution in [1.82, 2.24) is 15.2 Å². The van der Waals surface area contributed by atoms with E-state index in [4.69, 9.17) is 4.74 Å². The zero-order valence-corrected chi connectivity index (χ0v) is 18.5. The second kappa shape index (κ2) is 10.6. The Labute approximate surface area is 199 Å². The smallest absolute Gasteiger partial charge is 0.417 e.